The number of nitrogens with one attached hydrogen (secondary N) is 2. The Labute approximate surface area is 246 Å². The van der Waals surface area contributed by atoms with Crippen molar-refractivity contribution in [3.8, 4) is 23.0 Å². The molecule has 11 nitrogen and oxygen atoms in total. The van der Waals surface area contributed by atoms with Crippen LogP contribution in [0.15, 0.2) is 60.2 Å². The molecule has 1 saturated heterocycles. The number of ether oxygens (including phenoxy) is 4. The Balaban J connectivity index is 1.38. The van der Waals surface area contributed by atoms with Crippen molar-refractivity contribution in [1.29, 1.82) is 0 Å². The molecule has 2 heterocycles. The number of fused-ring (bicyclic) bond motifs is 1. The first kappa shape index (κ1) is 27.9. The lowest BCUT2D eigenvalue weighted by Crippen LogP contribution is -2.54. The van der Waals surface area contributed by atoms with E-state index >= 15 is 0 Å². The molecule has 0 aromatic heterocycles. The Bertz CT molecular complexity index is 1590. The van der Waals surface area contributed by atoms with E-state index in [1.807, 2.05) is 22.6 Å². The van der Waals surface area contributed by atoms with Gasteiger partial charge in [0.05, 0.1) is 15.9 Å². The van der Waals surface area contributed by atoms with Gasteiger partial charge in [-0.15, -0.1) is 0 Å². The first-order valence-electron chi connectivity index (χ1n) is 12.2. The minimum Gasteiger partial charge on any atom is -0.490 e. The van der Waals surface area contributed by atoms with Crippen LogP contribution in [0.3, 0.4) is 0 Å². The Morgan fingerprint density at radius 3 is 2.59 bits per heavy atom. The van der Waals surface area contributed by atoms with Crippen LogP contribution in [0, 0.1) is 9.39 Å². The van der Waals surface area contributed by atoms with Gasteiger partial charge in [-0.3, -0.25) is 19.7 Å². The maximum Gasteiger partial charge on any atom is 0.335 e. The molecule has 0 unspecified atom stereocenters. The number of barbiturate groups is 1. The number of halogens is 2. The molecule has 2 aliphatic heterocycles. The van der Waals surface area contributed by atoms with Crippen LogP contribution < -0.4 is 34.5 Å². The van der Waals surface area contributed by atoms with E-state index in [1.54, 1.807) is 25.1 Å². The van der Waals surface area contributed by atoms with Gasteiger partial charge in [-0.2, -0.15) is 0 Å². The van der Waals surface area contributed by atoms with Crippen LogP contribution in [-0.4, -0.2) is 43.8 Å². The molecule has 5 rings (SSSR count). The smallest absolute Gasteiger partial charge is 0.335 e. The number of anilines is 2. The summed E-state index contributed by atoms with van der Waals surface area (Å²) >= 11 is 1.98. The number of amides is 5. The number of carbonyl (C=O) groups excluding carboxylic acids is 4. The molecular weight excluding hydrogens is 652 g/mol. The molecule has 0 saturated carbocycles. The summed E-state index contributed by atoms with van der Waals surface area (Å²) in [5, 5.41) is 4.79. The third-order valence-corrected chi connectivity index (χ3v) is 6.64. The van der Waals surface area contributed by atoms with Gasteiger partial charge in [0, 0.05) is 11.8 Å². The molecule has 41 heavy (non-hydrogen) atoms. The summed E-state index contributed by atoms with van der Waals surface area (Å²) in [4.78, 5) is 51.8. The fourth-order valence-corrected chi connectivity index (χ4v) is 4.81. The molecule has 1 fully saturated rings. The molecule has 2 N–H and O–H groups in total. The minimum absolute atomic E-state index is 0.0159. The van der Waals surface area contributed by atoms with E-state index in [0.717, 1.165) is 4.90 Å². The number of hydrogen-bond acceptors (Lipinski definition) is 8. The van der Waals surface area contributed by atoms with E-state index in [1.165, 1.54) is 42.5 Å². The van der Waals surface area contributed by atoms with Crippen molar-refractivity contribution >= 4 is 63.8 Å². The molecule has 0 aliphatic carbocycles. The molecule has 0 spiro atoms. The van der Waals surface area contributed by atoms with Crippen LogP contribution in [0.4, 0.5) is 20.6 Å². The van der Waals surface area contributed by atoms with E-state index < -0.39 is 29.6 Å². The van der Waals surface area contributed by atoms with Crippen LogP contribution in [-0.2, 0) is 14.4 Å². The van der Waals surface area contributed by atoms with Gasteiger partial charge in [0.15, 0.2) is 29.6 Å². The van der Waals surface area contributed by atoms with Crippen LogP contribution in [0.2, 0.25) is 0 Å². The van der Waals surface area contributed by atoms with Crippen LogP contribution in [0.5, 0.6) is 23.0 Å². The van der Waals surface area contributed by atoms with Crippen LogP contribution >= 0.6 is 22.6 Å². The molecule has 13 heteroatoms. The molecule has 210 valence electrons. The summed E-state index contributed by atoms with van der Waals surface area (Å²) in [6, 6.07) is 12.1. The first-order chi connectivity index (χ1) is 19.7. The van der Waals surface area contributed by atoms with Crippen molar-refractivity contribution in [2.75, 3.05) is 30.2 Å². The van der Waals surface area contributed by atoms with Crippen molar-refractivity contribution in [1.82, 2.24) is 5.32 Å². The van der Waals surface area contributed by atoms with E-state index in [0.29, 0.717) is 26.3 Å². The number of imide groups is 2. The second-order valence-electron chi connectivity index (χ2n) is 8.60. The maximum absolute atomic E-state index is 13.3. The van der Waals surface area contributed by atoms with Crippen molar-refractivity contribution in [3.05, 3.63) is 75.1 Å². The SMILES string of the molecule is CCOc1cc(/C=C2\C(=O)NC(=O)N(c3ccc4c(c3)OCO4)C2=O)cc(I)c1OCC(=O)Nc1ccc(F)cc1. The third kappa shape index (κ3) is 6.09. The molecule has 0 radical (unpaired) electrons. The predicted molar refractivity (Wildman–Crippen MR) is 152 cm³/mol. The Morgan fingerprint density at radius 2 is 1.83 bits per heavy atom. The van der Waals surface area contributed by atoms with Crippen molar-refractivity contribution in [2.45, 2.75) is 6.92 Å². The van der Waals surface area contributed by atoms with E-state index in [2.05, 4.69) is 10.6 Å². The van der Waals surface area contributed by atoms with E-state index in [-0.39, 0.29) is 42.8 Å². The normalized spacial score (nSPS) is 15.1. The lowest BCUT2D eigenvalue weighted by Gasteiger charge is -2.26. The zero-order chi connectivity index (χ0) is 29.1. The standard InChI is InChI=1S/C28H21FIN3O8/c1-2-38-23-11-15(10-20(30)25(23)39-13-24(34)31-17-5-3-16(29)4-6-17)9-19-26(35)32-28(37)33(27(19)36)18-7-8-21-22(12-18)41-14-40-21/h3-12H,2,13-14H2,1H3,(H,31,34)(H,32,35,37)/b19-9+. The fourth-order valence-electron chi connectivity index (χ4n) is 4.03. The predicted octanol–water partition coefficient (Wildman–Crippen LogP) is 4.24. The summed E-state index contributed by atoms with van der Waals surface area (Å²) in [7, 11) is 0. The number of hydrogen-bond donors (Lipinski definition) is 2. The fraction of sp³-hybridized carbons (Fsp3) is 0.143. The number of benzene rings is 3. The molecule has 0 bridgehead atoms. The summed E-state index contributed by atoms with van der Waals surface area (Å²) in [6.07, 6.45) is 1.33. The van der Waals surface area contributed by atoms with E-state index in [9.17, 15) is 23.6 Å². The molecule has 5 amide bonds. The number of urea groups is 1. The Morgan fingerprint density at radius 1 is 1.07 bits per heavy atom. The number of carbonyl (C=O) groups is 4. The molecule has 3 aromatic carbocycles. The van der Waals surface area contributed by atoms with Gasteiger partial charge in [0.2, 0.25) is 6.79 Å². The molecule has 0 atom stereocenters. The van der Waals surface area contributed by atoms with Crippen molar-refractivity contribution in [3.63, 3.8) is 0 Å². The average Bonchev–Trinajstić information content (AvgIpc) is 3.40. The third-order valence-electron chi connectivity index (χ3n) is 5.83. The number of rotatable bonds is 8. The second-order valence-corrected chi connectivity index (χ2v) is 9.76. The lowest BCUT2D eigenvalue weighted by atomic mass is 10.1. The average molecular weight is 673 g/mol. The van der Waals surface area contributed by atoms with Gasteiger partial charge >= 0.3 is 6.03 Å². The lowest BCUT2D eigenvalue weighted by molar-refractivity contribution is -0.122. The van der Waals surface area contributed by atoms with Crippen LogP contribution in [0.1, 0.15) is 12.5 Å². The summed E-state index contributed by atoms with van der Waals surface area (Å²) < 4.78 is 35.7. The molecular formula is C28H21FIN3O8. The highest BCUT2D eigenvalue weighted by molar-refractivity contribution is 14.1. The summed E-state index contributed by atoms with van der Waals surface area (Å²) in [6.45, 7) is 1.68. The van der Waals surface area contributed by atoms with Gasteiger partial charge in [0.25, 0.3) is 17.7 Å². The van der Waals surface area contributed by atoms with E-state index in [4.69, 9.17) is 18.9 Å². The molecule has 2 aliphatic rings. The highest BCUT2D eigenvalue weighted by atomic mass is 127. The minimum atomic E-state index is -0.900. The monoisotopic (exact) mass is 673 g/mol. The number of nitrogens with zero attached hydrogens (tertiary/aromatic N) is 1. The second kappa shape index (κ2) is 11.8. The highest BCUT2D eigenvalue weighted by Crippen LogP contribution is 2.37. The zero-order valence-corrected chi connectivity index (χ0v) is 23.5. The van der Waals surface area contributed by atoms with Crippen LogP contribution in [0.25, 0.3) is 6.08 Å². The quantitative estimate of drug-likeness (QED) is 0.206. The Hall–Kier alpha value is -4.66. The van der Waals surface area contributed by atoms with Crippen molar-refractivity contribution in [2.24, 2.45) is 0 Å². The van der Waals surface area contributed by atoms with Gasteiger partial charge in [-0.25, -0.2) is 14.1 Å². The Kier molecular flexibility index (Phi) is 8.05. The van der Waals surface area contributed by atoms with Gasteiger partial charge in [-0.05, 0) is 89.7 Å². The largest absolute Gasteiger partial charge is 0.490 e. The van der Waals surface area contributed by atoms with Crippen molar-refractivity contribution < 1.29 is 42.5 Å². The first-order valence-corrected chi connectivity index (χ1v) is 13.3. The van der Waals surface area contributed by atoms with Gasteiger partial charge in [0.1, 0.15) is 11.4 Å². The molecule has 3 aromatic rings. The highest BCUT2D eigenvalue weighted by Gasteiger charge is 2.37. The zero-order valence-electron chi connectivity index (χ0n) is 21.4. The summed E-state index contributed by atoms with van der Waals surface area (Å²) in [5.74, 6) is -1.20. The summed E-state index contributed by atoms with van der Waals surface area (Å²) in [5.41, 5.74) is 0.736. The van der Waals surface area contributed by atoms with Gasteiger partial charge < -0.3 is 24.3 Å². The topological polar surface area (TPSA) is 133 Å². The maximum atomic E-state index is 13.3. The van der Waals surface area contributed by atoms with Gasteiger partial charge in [-0.1, -0.05) is 0 Å².